The van der Waals surface area contributed by atoms with Crippen molar-refractivity contribution in [2.45, 2.75) is 37.8 Å². The Morgan fingerprint density at radius 1 is 0.909 bits per heavy atom. The van der Waals surface area contributed by atoms with Gasteiger partial charge in [0.1, 0.15) is 0 Å². The highest BCUT2D eigenvalue weighted by Crippen LogP contribution is 2.20. The van der Waals surface area contributed by atoms with Crippen molar-refractivity contribution in [2.24, 2.45) is 0 Å². The molecule has 0 unspecified atom stereocenters. The van der Waals surface area contributed by atoms with E-state index in [1.807, 2.05) is 42.5 Å². The molecule has 0 bridgehead atoms. The SMILES string of the molecule is CC(C)S(=O)(=O)Cc1ccc(N[C@H](C)c2ccccc2)cc1. The molecule has 0 fully saturated rings. The normalized spacial score (nSPS) is 13.1. The summed E-state index contributed by atoms with van der Waals surface area (Å²) in [6.07, 6.45) is 0. The van der Waals surface area contributed by atoms with Crippen LogP contribution in [0.25, 0.3) is 0 Å². The van der Waals surface area contributed by atoms with Crippen LogP contribution in [0.3, 0.4) is 0 Å². The van der Waals surface area contributed by atoms with Gasteiger partial charge in [-0.2, -0.15) is 0 Å². The van der Waals surface area contributed by atoms with Gasteiger partial charge in [0.05, 0.1) is 11.0 Å². The topological polar surface area (TPSA) is 46.2 Å². The molecule has 0 saturated carbocycles. The zero-order valence-electron chi connectivity index (χ0n) is 13.3. The monoisotopic (exact) mass is 317 g/mol. The zero-order chi connectivity index (χ0) is 16.2. The Morgan fingerprint density at radius 2 is 1.50 bits per heavy atom. The molecule has 0 aromatic heterocycles. The second-order valence-electron chi connectivity index (χ2n) is 5.83. The van der Waals surface area contributed by atoms with E-state index >= 15 is 0 Å². The summed E-state index contributed by atoms with van der Waals surface area (Å²) in [4.78, 5) is 0. The number of benzene rings is 2. The van der Waals surface area contributed by atoms with Crippen LogP contribution in [0.15, 0.2) is 54.6 Å². The second kappa shape index (κ2) is 6.97. The van der Waals surface area contributed by atoms with Gasteiger partial charge in [0.25, 0.3) is 0 Å². The molecule has 118 valence electrons. The number of hydrogen-bond donors (Lipinski definition) is 1. The van der Waals surface area contributed by atoms with Crippen LogP contribution in [0.5, 0.6) is 0 Å². The van der Waals surface area contributed by atoms with Gasteiger partial charge in [-0.15, -0.1) is 0 Å². The van der Waals surface area contributed by atoms with E-state index in [-0.39, 0.29) is 17.0 Å². The molecule has 0 heterocycles. The van der Waals surface area contributed by atoms with Crippen LogP contribution in [0, 0.1) is 0 Å². The Kier molecular flexibility index (Phi) is 5.24. The first kappa shape index (κ1) is 16.6. The van der Waals surface area contributed by atoms with Gasteiger partial charge in [0, 0.05) is 11.7 Å². The van der Waals surface area contributed by atoms with Gasteiger partial charge < -0.3 is 5.32 Å². The minimum Gasteiger partial charge on any atom is -0.379 e. The Labute approximate surface area is 133 Å². The molecule has 0 aliphatic rings. The highest BCUT2D eigenvalue weighted by molar-refractivity contribution is 7.91. The Morgan fingerprint density at radius 3 is 2.05 bits per heavy atom. The largest absolute Gasteiger partial charge is 0.379 e. The lowest BCUT2D eigenvalue weighted by Crippen LogP contribution is -2.16. The molecule has 0 aliphatic carbocycles. The lowest BCUT2D eigenvalue weighted by atomic mass is 10.1. The Balaban J connectivity index is 2.04. The molecule has 0 amide bonds. The third-order valence-electron chi connectivity index (χ3n) is 3.72. The summed E-state index contributed by atoms with van der Waals surface area (Å²) in [7, 11) is -3.05. The van der Waals surface area contributed by atoms with E-state index in [4.69, 9.17) is 0 Å². The lowest BCUT2D eigenvalue weighted by Gasteiger charge is -2.16. The lowest BCUT2D eigenvalue weighted by molar-refractivity contribution is 0.586. The van der Waals surface area contributed by atoms with Crippen molar-refractivity contribution in [3.63, 3.8) is 0 Å². The van der Waals surface area contributed by atoms with Gasteiger partial charge in [-0.05, 0) is 44.0 Å². The predicted molar refractivity (Wildman–Crippen MR) is 92.7 cm³/mol. The Hall–Kier alpha value is -1.81. The van der Waals surface area contributed by atoms with Crippen molar-refractivity contribution < 1.29 is 8.42 Å². The first-order chi connectivity index (χ1) is 10.4. The number of sulfone groups is 1. The first-order valence-corrected chi connectivity index (χ1v) is 9.22. The summed E-state index contributed by atoms with van der Waals surface area (Å²) in [5.41, 5.74) is 3.03. The van der Waals surface area contributed by atoms with Gasteiger partial charge >= 0.3 is 0 Å². The molecule has 1 atom stereocenters. The van der Waals surface area contributed by atoms with Crippen LogP contribution in [-0.4, -0.2) is 13.7 Å². The molecule has 0 aliphatic heterocycles. The fraction of sp³-hybridized carbons (Fsp3) is 0.333. The van der Waals surface area contributed by atoms with E-state index in [1.165, 1.54) is 5.56 Å². The fourth-order valence-electron chi connectivity index (χ4n) is 2.17. The highest BCUT2D eigenvalue weighted by atomic mass is 32.2. The molecule has 0 saturated heterocycles. The highest BCUT2D eigenvalue weighted by Gasteiger charge is 2.16. The number of nitrogens with one attached hydrogen (secondary N) is 1. The van der Waals surface area contributed by atoms with Crippen molar-refractivity contribution in [3.8, 4) is 0 Å². The van der Waals surface area contributed by atoms with Gasteiger partial charge in [-0.25, -0.2) is 8.42 Å². The third-order valence-corrected chi connectivity index (χ3v) is 5.89. The van der Waals surface area contributed by atoms with E-state index < -0.39 is 9.84 Å². The summed E-state index contributed by atoms with van der Waals surface area (Å²) in [6.45, 7) is 5.53. The maximum atomic E-state index is 11.9. The summed E-state index contributed by atoms with van der Waals surface area (Å²) in [5.74, 6) is 0.0964. The van der Waals surface area contributed by atoms with Crippen LogP contribution >= 0.6 is 0 Å². The number of rotatable bonds is 6. The molecule has 0 spiro atoms. The van der Waals surface area contributed by atoms with Crippen molar-refractivity contribution in [1.82, 2.24) is 0 Å². The third kappa shape index (κ3) is 4.34. The summed E-state index contributed by atoms with van der Waals surface area (Å²) >= 11 is 0. The minimum absolute atomic E-state index is 0.0964. The quantitative estimate of drug-likeness (QED) is 0.869. The predicted octanol–water partition coefficient (Wildman–Crippen LogP) is 4.18. The Bertz CT molecular complexity index is 692. The van der Waals surface area contributed by atoms with Crippen molar-refractivity contribution in [3.05, 3.63) is 65.7 Å². The van der Waals surface area contributed by atoms with E-state index in [0.29, 0.717) is 0 Å². The molecule has 4 heteroatoms. The molecule has 2 aromatic carbocycles. The summed E-state index contributed by atoms with van der Waals surface area (Å²) in [5, 5.41) is 3.08. The molecule has 0 radical (unpaired) electrons. The van der Waals surface area contributed by atoms with E-state index in [1.54, 1.807) is 13.8 Å². The van der Waals surface area contributed by atoms with E-state index in [2.05, 4.69) is 24.4 Å². The molecule has 1 N–H and O–H groups in total. The maximum Gasteiger partial charge on any atom is 0.156 e. The first-order valence-electron chi connectivity index (χ1n) is 7.50. The molecule has 2 aromatic rings. The van der Waals surface area contributed by atoms with Crippen LogP contribution in [0.4, 0.5) is 5.69 Å². The smallest absolute Gasteiger partial charge is 0.156 e. The molecule has 22 heavy (non-hydrogen) atoms. The summed E-state index contributed by atoms with van der Waals surface area (Å²) < 4.78 is 23.9. The fourth-order valence-corrected chi connectivity index (χ4v) is 3.16. The van der Waals surface area contributed by atoms with Gasteiger partial charge in [-0.3, -0.25) is 0 Å². The average molecular weight is 317 g/mol. The van der Waals surface area contributed by atoms with Crippen molar-refractivity contribution in [1.29, 1.82) is 0 Å². The zero-order valence-corrected chi connectivity index (χ0v) is 14.1. The molecular weight excluding hydrogens is 294 g/mol. The van der Waals surface area contributed by atoms with Crippen LogP contribution in [0.2, 0.25) is 0 Å². The number of anilines is 1. The average Bonchev–Trinajstić information content (AvgIpc) is 2.49. The van der Waals surface area contributed by atoms with Crippen LogP contribution in [-0.2, 0) is 15.6 Å². The van der Waals surface area contributed by atoms with Crippen molar-refractivity contribution >= 4 is 15.5 Å². The molecular formula is C18H23NO2S. The molecule has 3 nitrogen and oxygen atoms in total. The van der Waals surface area contributed by atoms with Crippen LogP contribution < -0.4 is 5.32 Å². The number of hydrogen-bond acceptors (Lipinski definition) is 3. The summed E-state index contributed by atoms with van der Waals surface area (Å²) in [6, 6.07) is 18.0. The van der Waals surface area contributed by atoms with Crippen molar-refractivity contribution in [2.75, 3.05) is 5.32 Å². The minimum atomic E-state index is -3.05. The van der Waals surface area contributed by atoms with E-state index in [9.17, 15) is 8.42 Å². The van der Waals surface area contributed by atoms with Crippen LogP contribution in [0.1, 0.15) is 37.9 Å². The van der Waals surface area contributed by atoms with Gasteiger partial charge in [0.15, 0.2) is 9.84 Å². The second-order valence-corrected chi connectivity index (χ2v) is 8.39. The van der Waals surface area contributed by atoms with Gasteiger partial charge in [0.2, 0.25) is 0 Å². The maximum absolute atomic E-state index is 11.9. The standard InChI is InChI=1S/C18H23NO2S/c1-14(2)22(20,21)13-16-9-11-18(12-10-16)19-15(3)17-7-5-4-6-8-17/h4-12,14-15,19H,13H2,1-3H3/t15-/m1/s1. The van der Waals surface area contributed by atoms with E-state index in [0.717, 1.165) is 11.3 Å². The van der Waals surface area contributed by atoms with Gasteiger partial charge in [-0.1, -0.05) is 42.5 Å². The molecule has 2 rings (SSSR count).